The van der Waals surface area contributed by atoms with Crippen LogP contribution in [0.15, 0.2) is 59.8 Å². The molecule has 0 saturated carbocycles. The number of nitrogens with zero attached hydrogens (tertiary/aromatic N) is 5. The lowest BCUT2D eigenvalue weighted by Gasteiger charge is -2.17. The fraction of sp³-hybridized carbons (Fsp3) is 0.300. The van der Waals surface area contributed by atoms with Crippen LogP contribution < -0.4 is 10.2 Å². The largest absolute Gasteiger partial charge is 0.372 e. The number of tetrazole rings is 1. The van der Waals surface area contributed by atoms with E-state index in [1.165, 1.54) is 30.3 Å². The van der Waals surface area contributed by atoms with E-state index in [2.05, 4.69) is 37.9 Å². The molecular weight excluding hydrogens is 372 g/mol. The number of rotatable bonds is 7. The van der Waals surface area contributed by atoms with Crippen molar-refractivity contribution in [2.75, 3.05) is 29.1 Å². The van der Waals surface area contributed by atoms with E-state index in [0.29, 0.717) is 11.7 Å². The SMILES string of the molecule is O=C(CSc1nnnn1Cc1ccccc1)Nc1ccc(N2CCCC2)cc1. The summed E-state index contributed by atoms with van der Waals surface area (Å²) in [4.78, 5) is 14.7. The highest BCUT2D eigenvalue weighted by Gasteiger charge is 2.13. The Bertz CT molecular complexity index is 906. The first kappa shape index (κ1) is 18.5. The standard InChI is InChI=1S/C20H22N6OS/c27-19(21-17-8-10-18(11-9-17)25-12-4-5-13-25)15-28-20-22-23-24-26(20)14-16-6-2-1-3-7-16/h1-3,6-11H,4-5,12-15H2,(H,21,27). The Balaban J connectivity index is 1.29. The molecule has 0 radical (unpaired) electrons. The normalized spacial score (nSPS) is 13.6. The van der Waals surface area contributed by atoms with Gasteiger partial charge in [0.05, 0.1) is 12.3 Å². The Kier molecular flexibility index (Phi) is 5.86. The quantitative estimate of drug-likeness (QED) is 0.621. The van der Waals surface area contributed by atoms with E-state index in [1.807, 2.05) is 42.5 Å². The molecule has 1 aromatic heterocycles. The third-order valence-electron chi connectivity index (χ3n) is 4.63. The lowest BCUT2D eigenvalue weighted by Crippen LogP contribution is -2.18. The summed E-state index contributed by atoms with van der Waals surface area (Å²) < 4.78 is 1.71. The fourth-order valence-electron chi connectivity index (χ4n) is 3.21. The van der Waals surface area contributed by atoms with Gasteiger partial charge >= 0.3 is 0 Å². The molecule has 1 fully saturated rings. The van der Waals surface area contributed by atoms with Crippen molar-refractivity contribution in [2.45, 2.75) is 24.5 Å². The molecule has 3 aromatic rings. The Hall–Kier alpha value is -2.87. The average Bonchev–Trinajstić information content (AvgIpc) is 3.40. The summed E-state index contributed by atoms with van der Waals surface area (Å²) in [6.45, 7) is 2.80. The minimum Gasteiger partial charge on any atom is -0.372 e. The second kappa shape index (κ2) is 8.88. The average molecular weight is 395 g/mol. The highest BCUT2D eigenvalue weighted by Crippen LogP contribution is 2.22. The number of thioether (sulfide) groups is 1. The van der Waals surface area contributed by atoms with Crippen molar-refractivity contribution in [1.29, 1.82) is 0 Å². The van der Waals surface area contributed by atoms with Crippen LogP contribution in [0.2, 0.25) is 0 Å². The van der Waals surface area contributed by atoms with Crippen LogP contribution in [0.25, 0.3) is 0 Å². The van der Waals surface area contributed by atoms with Crippen LogP contribution in [0, 0.1) is 0 Å². The van der Waals surface area contributed by atoms with Crippen LogP contribution in [0.4, 0.5) is 11.4 Å². The molecule has 1 amide bonds. The van der Waals surface area contributed by atoms with E-state index >= 15 is 0 Å². The Morgan fingerprint density at radius 2 is 1.79 bits per heavy atom. The second-order valence-electron chi connectivity index (χ2n) is 6.68. The predicted octanol–water partition coefficient (Wildman–Crippen LogP) is 3.05. The Morgan fingerprint density at radius 1 is 1.04 bits per heavy atom. The molecule has 0 bridgehead atoms. The number of carbonyl (C=O) groups is 1. The van der Waals surface area contributed by atoms with Gasteiger partial charge in [-0.15, -0.1) is 5.10 Å². The second-order valence-corrected chi connectivity index (χ2v) is 7.63. The van der Waals surface area contributed by atoms with Gasteiger partial charge in [-0.1, -0.05) is 42.1 Å². The first-order valence-electron chi connectivity index (χ1n) is 9.36. The van der Waals surface area contributed by atoms with Crippen LogP contribution >= 0.6 is 11.8 Å². The van der Waals surface area contributed by atoms with Gasteiger partial charge in [0.2, 0.25) is 11.1 Å². The molecule has 0 atom stereocenters. The van der Waals surface area contributed by atoms with E-state index in [9.17, 15) is 4.79 Å². The van der Waals surface area contributed by atoms with Crippen LogP contribution in [-0.2, 0) is 11.3 Å². The first-order chi connectivity index (χ1) is 13.8. The number of amides is 1. The summed E-state index contributed by atoms with van der Waals surface area (Å²) in [6, 6.07) is 18.0. The molecule has 1 aliphatic rings. The summed E-state index contributed by atoms with van der Waals surface area (Å²) in [6.07, 6.45) is 2.50. The molecule has 0 spiro atoms. The highest BCUT2D eigenvalue weighted by molar-refractivity contribution is 7.99. The maximum atomic E-state index is 12.3. The molecule has 8 heteroatoms. The minimum atomic E-state index is -0.0758. The fourth-order valence-corrected chi connectivity index (χ4v) is 3.89. The summed E-state index contributed by atoms with van der Waals surface area (Å²) in [7, 11) is 0. The topological polar surface area (TPSA) is 75.9 Å². The van der Waals surface area contributed by atoms with E-state index < -0.39 is 0 Å². The molecule has 2 heterocycles. The molecule has 0 unspecified atom stereocenters. The van der Waals surface area contributed by atoms with Gasteiger partial charge in [-0.2, -0.15) is 0 Å². The van der Waals surface area contributed by atoms with Gasteiger partial charge in [0.15, 0.2) is 0 Å². The number of nitrogens with one attached hydrogen (secondary N) is 1. The van der Waals surface area contributed by atoms with Crippen molar-refractivity contribution < 1.29 is 4.79 Å². The molecule has 0 aliphatic carbocycles. The van der Waals surface area contributed by atoms with Crippen molar-refractivity contribution in [3.63, 3.8) is 0 Å². The molecule has 144 valence electrons. The molecule has 7 nitrogen and oxygen atoms in total. The van der Waals surface area contributed by atoms with Gasteiger partial charge in [0.25, 0.3) is 0 Å². The Labute approximate surface area is 168 Å². The Morgan fingerprint density at radius 3 is 2.54 bits per heavy atom. The number of carbonyl (C=O) groups excluding carboxylic acids is 1. The zero-order valence-electron chi connectivity index (χ0n) is 15.5. The van der Waals surface area contributed by atoms with Crippen LogP contribution in [0.5, 0.6) is 0 Å². The van der Waals surface area contributed by atoms with Crippen molar-refractivity contribution in [1.82, 2.24) is 20.2 Å². The summed E-state index contributed by atoms with van der Waals surface area (Å²) >= 11 is 1.33. The van der Waals surface area contributed by atoms with Gasteiger partial charge in [-0.25, -0.2) is 4.68 Å². The monoisotopic (exact) mass is 394 g/mol. The number of hydrogen-bond donors (Lipinski definition) is 1. The van der Waals surface area contributed by atoms with Crippen LogP contribution in [0.3, 0.4) is 0 Å². The molecule has 1 N–H and O–H groups in total. The predicted molar refractivity (Wildman–Crippen MR) is 111 cm³/mol. The van der Waals surface area contributed by atoms with Gasteiger partial charge in [-0.3, -0.25) is 4.79 Å². The van der Waals surface area contributed by atoms with Crippen molar-refractivity contribution in [3.8, 4) is 0 Å². The van der Waals surface area contributed by atoms with Crippen molar-refractivity contribution in [2.24, 2.45) is 0 Å². The molecule has 1 aliphatic heterocycles. The maximum Gasteiger partial charge on any atom is 0.234 e. The minimum absolute atomic E-state index is 0.0758. The van der Waals surface area contributed by atoms with Crippen molar-refractivity contribution in [3.05, 3.63) is 60.2 Å². The van der Waals surface area contributed by atoms with Crippen LogP contribution in [-0.4, -0.2) is 45.0 Å². The number of benzene rings is 2. The first-order valence-corrected chi connectivity index (χ1v) is 10.3. The van der Waals surface area contributed by atoms with Gasteiger partial charge in [0, 0.05) is 24.5 Å². The molecule has 28 heavy (non-hydrogen) atoms. The summed E-state index contributed by atoms with van der Waals surface area (Å²) in [5.74, 6) is 0.177. The highest BCUT2D eigenvalue weighted by atomic mass is 32.2. The molecule has 2 aromatic carbocycles. The number of hydrogen-bond acceptors (Lipinski definition) is 6. The zero-order valence-corrected chi connectivity index (χ0v) is 16.3. The lowest BCUT2D eigenvalue weighted by molar-refractivity contribution is -0.113. The van der Waals surface area contributed by atoms with Gasteiger partial charge < -0.3 is 10.2 Å². The summed E-state index contributed by atoms with van der Waals surface area (Å²) in [5, 5.41) is 15.3. The summed E-state index contributed by atoms with van der Waals surface area (Å²) in [5.41, 5.74) is 3.13. The van der Waals surface area contributed by atoms with E-state index in [1.54, 1.807) is 4.68 Å². The smallest absolute Gasteiger partial charge is 0.234 e. The van der Waals surface area contributed by atoms with E-state index in [0.717, 1.165) is 24.3 Å². The van der Waals surface area contributed by atoms with Crippen molar-refractivity contribution >= 4 is 29.0 Å². The van der Waals surface area contributed by atoms with Crippen LogP contribution in [0.1, 0.15) is 18.4 Å². The van der Waals surface area contributed by atoms with E-state index in [4.69, 9.17) is 0 Å². The molecular formula is C20H22N6OS. The van der Waals surface area contributed by atoms with Gasteiger partial charge in [-0.05, 0) is 53.1 Å². The third kappa shape index (κ3) is 4.69. The lowest BCUT2D eigenvalue weighted by atomic mass is 10.2. The maximum absolute atomic E-state index is 12.3. The molecule has 4 rings (SSSR count). The van der Waals surface area contributed by atoms with E-state index in [-0.39, 0.29) is 11.7 Å². The number of aromatic nitrogens is 4. The number of anilines is 2. The van der Waals surface area contributed by atoms with Gasteiger partial charge in [0.1, 0.15) is 0 Å². The third-order valence-corrected chi connectivity index (χ3v) is 5.59. The zero-order chi connectivity index (χ0) is 19.2. The molecule has 1 saturated heterocycles.